The molecular weight excluding hydrogens is 272 g/mol. The van der Waals surface area contributed by atoms with Crippen LogP contribution in [0.2, 0.25) is 0 Å². The van der Waals surface area contributed by atoms with Crippen molar-refractivity contribution in [1.29, 1.82) is 0 Å². The molecule has 0 atom stereocenters. The molecule has 2 rings (SSSR count). The summed E-state index contributed by atoms with van der Waals surface area (Å²) in [6.45, 7) is 5.15. The molecule has 2 nitrogen and oxygen atoms in total. The fourth-order valence-corrected chi connectivity index (χ4v) is 2.23. The van der Waals surface area contributed by atoms with Gasteiger partial charge in [0.1, 0.15) is 6.61 Å². The van der Waals surface area contributed by atoms with Crippen molar-refractivity contribution < 1.29 is 9.47 Å². The van der Waals surface area contributed by atoms with Crippen molar-refractivity contribution in [2.75, 3.05) is 6.61 Å². The van der Waals surface area contributed by atoms with Crippen molar-refractivity contribution in [2.24, 2.45) is 0 Å². The predicted molar refractivity (Wildman–Crippen MR) is 82.7 cm³/mol. The number of benzene rings is 2. The largest absolute Gasteiger partial charge is 0.490 e. The first kappa shape index (κ1) is 14.7. The highest BCUT2D eigenvalue weighted by molar-refractivity contribution is 6.17. The minimum absolute atomic E-state index is 0.407. The maximum Gasteiger partial charge on any atom is 0.166 e. The van der Waals surface area contributed by atoms with Crippen molar-refractivity contribution in [3.05, 3.63) is 59.2 Å². The highest BCUT2D eigenvalue weighted by atomic mass is 35.5. The third-order valence-corrected chi connectivity index (χ3v) is 3.43. The summed E-state index contributed by atoms with van der Waals surface area (Å²) >= 11 is 5.98. The zero-order chi connectivity index (χ0) is 14.4. The molecule has 2 aromatic carbocycles. The van der Waals surface area contributed by atoms with E-state index in [2.05, 4.69) is 19.1 Å². The van der Waals surface area contributed by atoms with E-state index in [0.29, 0.717) is 19.1 Å². The Balaban J connectivity index is 2.21. The van der Waals surface area contributed by atoms with Crippen molar-refractivity contribution >= 4 is 11.6 Å². The highest BCUT2D eigenvalue weighted by Crippen LogP contribution is 2.33. The summed E-state index contributed by atoms with van der Waals surface area (Å²) in [5, 5.41) is 0. The Morgan fingerprint density at radius 3 is 2.40 bits per heavy atom. The molecule has 0 spiro atoms. The van der Waals surface area contributed by atoms with Gasteiger partial charge in [-0.3, -0.25) is 0 Å². The Morgan fingerprint density at radius 2 is 1.70 bits per heavy atom. The number of hydrogen-bond acceptors (Lipinski definition) is 2. The van der Waals surface area contributed by atoms with E-state index in [9.17, 15) is 0 Å². The number of rotatable bonds is 6. The zero-order valence-corrected chi connectivity index (χ0v) is 12.6. The zero-order valence-electron chi connectivity index (χ0n) is 11.9. The second-order valence-corrected chi connectivity index (χ2v) is 4.79. The molecule has 0 bridgehead atoms. The number of aryl methyl sites for hydroxylation is 1. The lowest BCUT2D eigenvalue weighted by Gasteiger charge is -2.15. The van der Waals surface area contributed by atoms with Gasteiger partial charge in [0, 0.05) is 5.56 Å². The highest BCUT2D eigenvalue weighted by Gasteiger charge is 2.11. The van der Waals surface area contributed by atoms with Crippen LogP contribution in [0.3, 0.4) is 0 Å². The van der Waals surface area contributed by atoms with Crippen molar-refractivity contribution in [2.45, 2.75) is 26.3 Å². The summed E-state index contributed by atoms with van der Waals surface area (Å²) in [5.74, 6) is 1.90. The van der Waals surface area contributed by atoms with Crippen LogP contribution >= 0.6 is 11.6 Å². The maximum atomic E-state index is 5.98. The summed E-state index contributed by atoms with van der Waals surface area (Å²) in [6.07, 6.45) is 0. The lowest BCUT2D eigenvalue weighted by atomic mass is 10.1. The lowest BCUT2D eigenvalue weighted by molar-refractivity contribution is 0.267. The van der Waals surface area contributed by atoms with E-state index in [-0.39, 0.29) is 0 Å². The SMILES string of the molecule is CCOc1cccc(CCl)c1OCc1ccccc1C. The summed E-state index contributed by atoms with van der Waals surface area (Å²) in [4.78, 5) is 0. The van der Waals surface area contributed by atoms with Gasteiger partial charge in [-0.2, -0.15) is 0 Å². The normalized spacial score (nSPS) is 10.3. The number of para-hydroxylation sites is 1. The fourth-order valence-electron chi connectivity index (χ4n) is 2.02. The van der Waals surface area contributed by atoms with Crippen LogP contribution in [0.4, 0.5) is 0 Å². The monoisotopic (exact) mass is 290 g/mol. The van der Waals surface area contributed by atoms with Crippen molar-refractivity contribution in [3.8, 4) is 11.5 Å². The molecule has 0 unspecified atom stereocenters. The van der Waals surface area contributed by atoms with E-state index < -0.39 is 0 Å². The molecule has 106 valence electrons. The molecule has 0 saturated carbocycles. The van der Waals surface area contributed by atoms with Gasteiger partial charge >= 0.3 is 0 Å². The Kier molecular flexibility index (Phi) is 5.31. The second kappa shape index (κ2) is 7.20. The van der Waals surface area contributed by atoms with Crippen LogP contribution in [0, 0.1) is 6.92 Å². The average molecular weight is 291 g/mol. The Hall–Kier alpha value is -1.67. The Labute approximate surface area is 125 Å². The van der Waals surface area contributed by atoms with Gasteiger partial charge in [0.15, 0.2) is 11.5 Å². The minimum atomic E-state index is 0.407. The van der Waals surface area contributed by atoms with Gasteiger partial charge < -0.3 is 9.47 Å². The van der Waals surface area contributed by atoms with Gasteiger partial charge in [0.2, 0.25) is 0 Å². The van der Waals surface area contributed by atoms with Crippen LogP contribution in [0.5, 0.6) is 11.5 Å². The van der Waals surface area contributed by atoms with Crippen LogP contribution in [0.1, 0.15) is 23.6 Å². The molecular formula is C17H19ClO2. The molecule has 0 radical (unpaired) electrons. The van der Waals surface area contributed by atoms with Gasteiger partial charge in [0.25, 0.3) is 0 Å². The van der Waals surface area contributed by atoms with Gasteiger partial charge in [-0.15, -0.1) is 11.6 Å². The summed E-state index contributed by atoms with van der Waals surface area (Å²) in [6, 6.07) is 14.0. The van der Waals surface area contributed by atoms with Gasteiger partial charge in [-0.05, 0) is 31.0 Å². The van der Waals surface area contributed by atoms with Gasteiger partial charge in [-0.1, -0.05) is 36.4 Å². The number of hydrogen-bond donors (Lipinski definition) is 0. The molecule has 0 fully saturated rings. The summed E-state index contributed by atoms with van der Waals surface area (Å²) in [5.41, 5.74) is 3.33. The molecule has 0 N–H and O–H groups in total. The number of halogens is 1. The molecule has 2 aromatic rings. The topological polar surface area (TPSA) is 18.5 Å². The first-order valence-electron chi connectivity index (χ1n) is 6.74. The first-order valence-corrected chi connectivity index (χ1v) is 7.27. The van der Waals surface area contributed by atoms with E-state index >= 15 is 0 Å². The fraction of sp³-hybridized carbons (Fsp3) is 0.294. The molecule has 3 heteroatoms. The van der Waals surface area contributed by atoms with E-state index in [0.717, 1.165) is 17.1 Å². The Morgan fingerprint density at radius 1 is 0.950 bits per heavy atom. The van der Waals surface area contributed by atoms with Crippen molar-refractivity contribution in [1.82, 2.24) is 0 Å². The smallest absolute Gasteiger partial charge is 0.166 e. The predicted octanol–water partition coefficient (Wildman–Crippen LogP) is 4.71. The standard InChI is InChI=1S/C17H19ClO2/c1-3-19-16-10-6-9-14(11-18)17(16)20-12-15-8-5-4-7-13(15)2/h4-10H,3,11-12H2,1-2H3. The van der Waals surface area contributed by atoms with Crippen LogP contribution in [-0.2, 0) is 12.5 Å². The molecule has 0 aliphatic rings. The average Bonchev–Trinajstić information content (AvgIpc) is 2.47. The van der Waals surface area contributed by atoms with Crippen molar-refractivity contribution in [3.63, 3.8) is 0 Å². The molecule has 0 amide bonds. The summed E-state index contributed by atoms with van der Waals surface area (Å²) < 4.78 is 11.6. The molecule has 0 saturated heterocycles. The Bertz CT molecular complexity index is 567. The molecule has 0 heterocycles. The van der Waals surface area contributed by atoms with E-state index in [1.807, 2.05) is 37.3 Å². The number of alkyl halides is 1. The van der Waals surface area contributed by atoms with Gasteiger partial charge in [-0.25, -0.2) is 0 Å². The second-order valence-electron chi connectivity index (χ2n) is 4.53. The quantitative estimate of drug-likeness (QED) is 0.717. The van der Waals surface area contributed by atoms with Crippen LogP contribution in [0.15, 0.2) is 42.5 Å². The van der Waals surface area contributed by atoms with E-state index in [1.54, 1.807) is 0 Å². The van der Waals surface area contributed by atoms with Gasteiger partial charge in [0.05, 0.1) is 12.5 Å². The number of ether oxygens (including phenoxy) is 2. The van der Waals surface area contributed by atoms with Crippen LogP contribution in [-0.4, -0.2) is 6.61 Å². The minimum Gasteiger partial charge on any atom is -0.490 e. The summed E-state index contributed by atoms with van der Waals surface area (Å²) in [7, 11) is 0. The maximum absolute atomic E-state index is 5.98. The first-order chi connectivity index (χ1) is 9.76. The molecule has 0 aliphatic carbocycles. The third kappa shape index (κ3) is 3.45. The molecule has 20 heavy (non-hydrogen) atoms. The van der Waals surface area contributed by atoms with Crippen LogP contribution in [0.25, 0.3) is 0 Å². The molecule has 0 aliphatic heterocycles. The van der Waals surface area contributed by atoms with Crippen LogP contribution < -0.4 is 9.47 Å². The molecule has 0 aromatic heterocycles. The van der Waals surface area contributed by atoms with E-state index in [4.69, 9.17) is 21.1 Å². The van der Waals surface area contributed by atoms with E-state index in [1.165, 1.54) is 11.1 Å². The lowest BCUT2D eigenvalue weighted by Crippen LogP contribution is -2.03. The third-order valence-electron chi connectivity index (χ3n) is 3.14.